The molecule has 2 saturated carbocycles. The van der Waals surface area contributed by atoms with Crippen LogP contribution in [0.1, 0.15) is 57.8 Å². The van der Waals surface area contributed by atoms with Crippen LogP contribution < -0.4 is 5.73 Å². The van der Waals surface area contributed by atoms with Gasteiger partial charge in [0.2, 0.25) is 0 Å². The first-order chi connectivity index (χ1) is 8.77. The summed E-state index contributed by atoms with van der Waals surface area (Å²) in [5, 5.41) is 0. The molecule has 0 amide bonds. The molecule has 18 heavy (non-hydrogen) atoms. The first-order valence-electron chi connectivity index (χ1n) is 7.76. The zero-order chi connectivity index (χ0) is 12.5. The summed E-state index contributed by atoms with van der Waals surface area (Å²) in [4.78, 5) is 12.7. The van der Waals surface area contributed by atoms with Crippen molar-refractivity contribution in [3.63, 3.8) is 0 Å². The second-order valence-electron chi connectivity index (χ2n) is 6.48. The first-order valence-corrected chi connectivity index (χ1v) is 7.76. The molecule has 100 valence electrons. The maximum absolute atomic E-state index is 12.7. The molecule has 0 spiro atoms. The number of hydrogen-bond acceptors (Lipinski definition) is 2. The molecule has 0 radical (unpaired) electrons. The van der Waals surface area contributed by atoms with Crippen LogP contribution in [-0.2, 0) is 4.79 Å². The van der Waals surface area contributed by atoms with Gasteiger partial charge in [0, 0.05) is 12.0 Å². The summed E-state index contributed by atoms with van der Waals surface area (Å²) in [5.41, 5.74) is 7.41. The lowest BCUT2D eigenvalue weighted by Crippen LogP contribution is -2.40. The van der Waals surface area contributed by atoms with Gasteiger partial charge in [-0.25, -0.2) is 0 Å². The lowest BCUT2D eigenvalue weighted by molar-refractivity contribution is -0.121. The summed E-state index contributed by atoms with van der Waals surface area (Å²) >= 11 is 0. The second kappa shape index (κ2) is 5.16. The lowest BCUT2D eigenvalue weighted by atomic mass is 9.78. The Morgan fingerprint density at radius 2 is 1.89 bits per heavy atom. The molecule has 3 rings (SSSR count). The average Bonchev–Trinajstić information content (AvgIpc) is 2.88. The van der Waals surface area contributed by atoms with Crippen LogP contribution in [0.25, 0.3) is 0 Å². The lowest BCUT2D eigenvalue weighted by Gasteiger charge is -2.28. The van der Waals surface area contributed by atoms with Gasteiger partial charge in [-0.1, -0.05) is 18.9 Å². The molecule has 4 atom stereocenters. The molecule has 3 aliphatic carbocycles. The highest BCUT2D eigenvalue weighted by molar-refractivity contribution is 5.98. The molecule has 2 heteroatoms. The highest BCUT2D eigenvalue weighted by Gasteiger charge is 2.49. The number of allylic oxidation sites excluding steroid dienone is 2. The molecule has 0 aromatic heterocycles. The SMILES string of the molecule is NC1C2CCC(C2)C1C(=O)C1=CCCCCCC1. The minimum absolute atomic E-state index is 0.155. The fraction of sp³-hybridized carbons (Fsp3) is 0.812. The maximum Gasteiger partial charge on any atom is 0.163 e. The van der Waals surface area contributed by atoms with Crippen molar-refractivity contribution >= 4 is 5.78 Å². The standard InChI is InChI=1S/C16H25NO/c17-15-13-9-8-12(10-13)14(15)16(18)11-6-4-2-1-3-5-7-11/h6,12-15H,1-5,7-10,17H2. The maximum atomic E-state index is 12.7. The molecule has 0 heterocycles. The topological polar surface area (TPSA) is 43.1 Å². The number of Topliss-reactive ketones (excluding diaryl/α,β-unsaturated/α-hetero) is 1. The van der Waals surface area contributed by atoms with Crippen molar-refractivity contribution in [3.8, 4) is 0 Å². The molecule has 4 unspecified atom stereocenters. The van der Waals surface area contributed by atoms with E-state index in [9.17, 15) is 4.79 Å². The van der Waals surface area contributed by atoms with Crippen LogP contribution in [0.5, 0.6) is 0 Å². The van der Waals surface area contributed by atoms with Gasteiger partial charge in [-0.2, -0.15) is 0 Å². The fourth-order valence-corrected chi connectivity index (χ4v) is 4.35. The highest BCUT2D eigenvalue weighted by atomic mass is 16.1. The van der Waals surface area contributed by atoms with Crippen LogP contribution in [-0.4, -0.2) is 11.8 Å². The third-order valence-electron chi connectivity index (χ3n) is 5.39. The summed E-state index contributed by atoms with van der Waals surface area (Å²) in [7, 11) is 0. The zero-order valence-electron chi connectivity index (χ0n) is 11.2. The number of carbonyl (C=O) groups excluding carboxylic acids is 1. The Bertz CT molecular complexity index is 358. The van der Waals surface area contributed by atoms with Gasteiger partial charge < -0.3 is 5.73 Å². The number of rotatable bonds is 2. The van der Waals surface area contributed by atoms with Crippen LogP contribution in [0.3, 0.4) is 0 Å². The molecule has 2 bridgehead atoms. The van der Waals surface area contributed by atoms with Gasteiger partial charge in [-0.3, -0.25) is 4.79 Å². The number of nitrogens with two attached hydrogens (primary N) is 1. The fourth-order valence-electron chi connectivity index (χ4n) is 4.35. The van der Waals surface area contributed by atoms with E-state index in [1.54, 1.807) is 0 Å². The van der Waals surface area contributed by atoms with Crippen molar-refractivity contribution in [2.45, 2.75) is 63.8 Å². The van der Waals surface area contributed by atoms with E-state index in [4.69, 9.17) is 5.73 Å². The molecule has 3 aliphatic rings. The Hall–Kier alpha value is -0.630. The van der Waals surface area contributed by atoms with E-state index in [0.717, 1.165) is 18.4 Å². The van der Waals surface area contributed by atoms with Crippen molar-refractivity contribution < 1.29 is 4.79 Å². The van der Waals surface area contributed by atoms with Gasteiger partial charge in [0.05, 0.1) is 0 Å². The van der Waals surface area contributed by atoms with E-state index in [1.165, 1.54) is 44.9 Å². The summed E-state index contributed by atoms with van der Waals surface area (Å²) in [5.74, 6) is 1.81. The molecule has 0 aliphatic heterocycles. The number of ketones is 1. The van der Waals surface area contributed by atoms with Gasteiger partial charge in [0.25, 0.3) is 0 Å². The number of fused-ring (bicyclic) bond motifs is 2. The Morgan fingerprint density at radius 3 is 2.67 bits per heavy atom. The predicted molar refractivity (Wildman–Crippen MR) is 73.1 cm³/mol. The first kappa shape index (κ1) is 12.4. The van der Waals surface area contributed by atoms with Gasteiger partial charge in [-0.05, 0) is 62.4 Å². The van der Waals surface area contributed by atoms with E-state index in [0.29, 0.717) is 17.6 Å². The van der Waals surface area contributed by atoms with Crippen molar-refractivity contribution in [3.05, 3.63) is 11.6 Å². The van der Waals surface area contributed by atoms with E-state index >= 15 is 0 Å². The van der Waals surface area contributed by atoms with Crippen LogP contribution in [0.2, 0.25) is 0 Å². The van der Waals surface area contributed by atoms with Crippen molar-refractivity contribution in [1.82, 2.24) is 0 Å². The van der Waals surface area contributed by atoms with E-state index in [2.05, 4.69) is 6.08 Å². The number of carbonyl (C=O) groups is 1. The second-order valence-corrected chi connectivity index (χ2v) is 6.48. The smallest absolute Gasteiger partial charge is 0.163 e. The molecule has 2 fully saturated rings. The molecule has 0 aromatic carbocycles. The highest BCUT2D eigenvalue weighted by Crippen LogP contribution is 2.48. The Kier molecular flexibility index (Phi) is 3.56. The minimum Gasteiger partial charge on any atom is -0.327 e. The van der Waals surface area contributed by atoms with E-state index < -0.39 is 0 Å². The van der Waals surface area contributed by atoms with Crippen molar-refractivity contribution in [2.24, 2.45) is 23.5 Å². The summed E-state index contributed by atoms with van der Waals surface area (Å²) in [6.45, 7) is 0. The normalized spacial score (nSPS) is 40.2. The van der Waals surface area contributed by atoms with E-state index in [-0.39, 0.29) is 12.0 Å². The van der Waals surface area contributed by atoms with Crippen LogP contribution >= 0.6 is 0 Å². The Labute approximate surface area is 110 Å². The molecule has 0 saturated heterocycles. The summed E-state index contributed by atoms with van der Waals surface area (Å²) in [6.07, 6.45) is 13.1. The largest absolute Gasteiger partial charge is 0.327 e. The van der Waals surface area contributed by atoms with E-state index in [1.807, 2.05) is 0 Å². The zero-order valence-corrected chi connectivity index (χ0v) is 11.2. The average molecular weight is 247 g/mol. The summed E-state index contributed by atoms with van der Waals surface area (Å²) in [6, 6.07) is 0.155. The van der Waals surface area contributed by atoms with Gasteiger partial charge in [-0.15, -0.1) is 0 Å². The third-order valence-corrected chi connectivity index (χ3v) is 5.39. The quantitative estimate of drug-likeness (QED) is 0.814. The third kappa shape index (κ3) is 2.16. The van der Waals surface area contributed by atoms with Crippen LogP contribution in [0.4, 0.5) is 0 Å². The molecule has 2 N–H and O–H groups in total. The monoisotopic (exact) mass is 247 g/mol. The molecule has 2 nitrogen and oxygen atoms in total. The van der Waals surface area contributed by atoms with Gasteiger partial charge >= 0.3 is 0 Å². The minimum atomic E-state index is 0.155. The molecular weight excluding hydrogens is 222 g/mol. The Morgan fingerprint density at radius 1 is 1.11 bits per heavy atom. The van der Waals surface area contributed by atoms with Crippen LogP contribution in [0.15, 0.2) is 11.6 Å². The number of hydrogen-bond donors (Lipinski definition) is 1. The summed E-state index contributed by atoms with van der Waals surface area (Å²) < 4.78 is 0. The van der Waals surface area contributed by atoms with Gasteiger partial charge in [0.15, 0.2) is 5.78 Å². The Balaban J connectivity index is 1.73. The molecular formula is C16H25NO. The van der Waals surface area contributed by atoms with Crippen LogP contribution in [0, 0.1) is 17.8 Å². The van der Waals surface area contributed by atoms with Crippen molar-refractivity contribution in [1.29, 1.82) is 0 Å². The molecule has 0 aromatic rings. The predicted octanol–water partition coefficient (Wildman–Crippen LogP) is 3.21. The van der Waals surface area contributed by atoms with Crippen molar-refractivity contribution in [2.75, 3.05) is 0 Å². The van der Waals surface area contributed by atoms with Gasteiger partial charge in [0.1, 0.15) is 0 Å².